The second kappa shape index (κ2) is 5.71. The topological polar surface area (TPSA) is 43.3 Å². The minimum Gasteiger partial charge on any atom is -0.629 e. The maximum Gasteiger partial charge on any atom is 0.273 e. The predicted molar refractivity (Wildman–Crippen MR) is 56.5 cm³/mol. The summed E-state index contributed by atoms with van der Waals surface area (Å²) >= 11 is 0. The van der Waals surface area contributed by atoms with Crippen LogP contribution in [-0.4, -0.2) is 48.9 Å². The Hall–Kier alpha value is 0.0500. The van der Waals surface area contributed by atoms with Crippen molar-refractivity contribution in [2.45, 2.75) is 19.8 Å². The molecular formula is C9H21NO2P+. The molecule has 0 bridgehead atoms. The Labute approximate surface area is 82.1 Å². The van der Waals surface area contributed by atoms with Crippen LogP contribution in [0.3, 0.4) is 0 Å². The SMILES string of the molecule is CCCC/[P+]([O-])=C(\O)C[N+](C)(C)C. The van der Waals surface area contributed by atoms with Crippen molar-refractivity contribution in [2.24, 2.45) is 0 Å². The normalized spacial score (nSPS) is 14.3. The lowest BCUT2D eigenvalue weighted by atomic mass is 10.4. The summed E-state index contributed by atoms with van der Waals surface area (Å²) in [6.45, 7) is 2.54. The van der Waals surface area contributed by atoms with E-state index in [0.717, 1.165) is 12.8 Å². The highest BCUT2D eigenvalue weighted by atomic mass is 31.1. The van der Waals surface area contributed by atoms with E-state index in [2.05, 4.69) is 6.92 Å². The molecule has 1 unspecified atom stereocenters. The van der Waals surface area contributed by atoms with Crippen LogP contribution in [0.25, 0.3) is 0 Å². The van der Waals surface area contributed by atoms with Crippen molar-refractivity contribution < 1.29 is 14.5 Å². The standard InChI is InChI=1S/C9H20NO2P/c1-5-6-7-13(12)9(11)8-10(2,3)4/h5-8H2,1-4H3/p+1. The Bertz CT molecular complexity index is 185. The van der Waals surface area contributed by atoms with Gasteiger partial charge in [0.25, 0.3) is 5.48 Å². The highest BCUT2D eigenvalue weighted by Gasteiger charge is 2.16. The fourth-order valence-electron chi connectivity index (χ4n) is 0.934. The molecule has 0 aliphatic heterocycles. The van der Waals surface area contributed by atoms with Crippen LogP contribution in [0.15, 0.2) is 0 Å². The number of unbranched alkanes of at least 4 members (excludes halogenated alkanes) is 1. The molecule has 0 saturated carbocycles. The van der Waals surface area contributed by atoms with Crippen LogP contribution in [0.2, 0.25) is 0 Å². The zero-order valence-electron chi connectivity index (χ0n) is 9.08. The second-order valence-corrected chi connectivity index (χ2v) is 6.04. The number of aliphatic hydroxyl groups is 1. The number of rotatable bonds is 5. The molecule has 78 valence electrons. The van der Waals surface area contributed by atoms with Crippen LogP contribution in [0.4, 0.5) is 0 Å². The molecule has 13 heavy (non-hydrogen) atoms. The molecule has 1 atom stereocenters. The zero-order chi connectivity index (χ0) is 10.5. The molecule has 0 aromatic carbocycles. The molecule has 1 N–H and O–H groups in total. The summed E-state index contributed by atoms with van der Waals surface area (Å²) in [4.78, 5) is 11.4. The fraction of sp³-hybridized carbons (Fsp3) is 0.889. The first-order valence-electron chi connectivity index (χ1n) is 4.66. The predicted octanol–water partition coefficient (Wildman–Crippen LogP) is 0.752. The zero-order valence-corrected chi connectivity index (χ0v) is 9.97. The number of aliphatic hydroxyl groups excluding tert-OH is 1. The van der Waals surface area contributed by atoms with Crippen molar-refractivity contribution in [2.75, 3.05) is 33.8 Å². The number of quaternary nitrogens is 1. The molecule has 0 aliphatic carbocycles. The van der Waals surface area contributed by atoms with Crippen molar-refractivity contribution in [3.05, 3.63) is 0 Å². The summed E-state index contributed by atoms with van der Waals surface area (Å²) in [5.74, 6) is 0. The van der Waals surface area contributed by atoms with Gasteiger partial charge in [0.05, 0.1) is 28.9 Å². The lowest BCUT2D eigenvalue weighted by molar-refractivity contribution is -0.861. The van der Waals surface area contributed by atoms with E-state index in [1.165, 1.54) is 0 Å². The summed E-state index contributed by atoms with van der Waals surface area (Å²) in [6.07, 6.45) is 2.58. The van der Waals surface area contributed by atoms with Crippen LogP contribution in [0.1, 0.15) is 19.8 Å². The number of likely N-dealkylation sites (N-methyl/N-ethyl adjacent to an activating group) is 1. The van der Waals surface area contributed by atoms with Gasteiger partial charge in [0.15, 0.2) is 6.54 Å². The summed E-state index contributed by atoms with van der Waals surface area (Å²) in [7, 11) is 4.41. The monoisotopic (exact) mass is 206 g/mol. The van der Waals surface area contributed by atoms with Crippen molar-refractivity contribution in [1.82, 2.24) is 0 Å². The molecule has 0 aromatic rings. The number of hydrogen-bond donors (Lipinski definition) is 1. The van der Waals surface area contributed by atoms with Crippen LogP contribution >= 0.6 is 7.77 Å². The largest absolute Gasteiger partial charge is 0.629 e. The van der Waals surface area contributed by atoms with E-state index < -0.39 is 7.77 Å². The molecular weight excluding hydrogens is 185 g/mol. The number of nitrogens with zero attached hydrogens (tertiary/aromatic N) is 1. The van der Waals surface area contributed by atoms with E-state index in [0.29, 0.717) is 17.2 Å². The Morgan fingerprint density at radius 2 is 1.92 bits per heavy atom. The first-order chi connectivity index (χ1) is 5.87. The molecule has 3 nitrogen and oxygen atoms in total. The quantitative estimate of drug-likeness (QED) is 0.533. The van der Waals surface area contributed by atoms with E-state index in [-0.39, 0.29) is 5.48 Å². The fourth-order valence-corrected chi connectivity index (χ4v) is 2.38. The summed E-state index contributed by atoms with van der Waals surface area (Å²) in [5, 5.41) is 9.50. The van der Waals surface area contributed by atoms with Crippen molar-refractivity contribution >= 4 is 13.3 Å². The second-order valence-electron chi connectivity index (χ2n) is 4.32. The third-order valence-electron chi connectivity index (χ3n) is 1.62. The molecule has 0 amide bonds. The van der Waals surface area contributed by atoms with Crippen LogP contribution in [0, 0.1) is 0 Å². The van der Waals surface area contributed by atoms with Crippen molar-refractivity contribution in [3.63, 3.8) is 0 Å². The van der Waals surface area contributed by atoms with Gasteiger partial charge in [-0.15, -0.1) is 0 Å². The molecule has 0 fully saturated rings. The molecule has 0 heterocycles. The van der Waals surface area contributed by atoms with E-state index in [1.54, 1.807) is 0 Å². The molecule has 0 rings (SSSR count). The first kappa shape index (κ1) is 13.1. The van der Waals surface area contributed by atoms with Gasteiger partial charge in [-0.05, 0) is 6.42 Å². The van der Waals surface area contributed by atoms with E-state index >= 15 is 0 Å². The average molecular weight is 206 g/mol. The van der Waals surface area contributed by atoms with Gasteiger partial charge in [-0.3, -0.25) is 0 Å². The molecule has 0 spiro atoms. The molecule has 4 heteroatoms. The van der Waals surface area contributed by atoms with Gasteiger partial charge < -0.3 is 14.5 Å². The van der Waals surface area contributed by atoms with Gasteiger partial charge >= 0.3 is 0 Å². The Kier molecular flexibility index (Phi) is 5.73. The molecule has 0 radical (unpaired) electrons. The Balaban J connectivity index is 4.11. The highest BCUT2D eigenvalue weighted by molar-refractivity contribution is 7.51. The summed E-state index contributed by atoms with van der Waals surface area (Å²) in [6, 6.07) is 0. The summed E-state index contributed by atoms with van der Waals surface area (Å²) in [5.41, 5.74) is 0.163. The van der Waals surface area contributed by atoms with Crippen molar-refractivity contribution in [3.8, 4) is 0 Å². The lowest BCUT2D eigenvalue weighted by Crippen LogP contribution is -2.39. The van der Waals surface area contributed by atoms with Gasteiger partial charge in [-0.1, -0.05) is 13.3 Å². The van der Waals surface area contributed by atoms with Gasteiger partial charge in [0.1, 0.15) is 6.16 Å². The summed E-state index contributed by atoms with van der Waals surface area (Å²) < 4.78 is 0.624. The Morgan fingerprint density at radius 1 is 1.38 bits per heavy atom. The van der Waals surface area contributed by atoms with Crippen molar-refractivity contribution in [1.29, 1.82) is 0 Å². The minimum atomic E-state index is -1.51. The van der Waals surface area contributed by atoms with Crippen LogP contribution in [0.5, 0.6) is 0 Å². The maximum absolute atomic E-state index is 11.4. The third kappa shape index (κ3) is 7.15. The minimum absolute atomic E-state index is 0.163. The van der Waals surface area contributed by atoms with E-state index in [1.807, 2.05) is 21.1 Å². The first-order valence-corrected chi connectivity index (χ1v) is 6.11. The van der Waals surface area contributed by atoms with Crippen LogP contribution < -0.4 is 4.89 Å². The Morgan fingerprint density at radius 3 is 2.31 bits per heavy atom. The van der Waals surface area contributed by atoms with E-state index in [9.17, 15) is 10.00 Å². The van der Waals surface area contributed by atoms with Gasteiger partial charge in [-0.25, -0.2) is 0 Å². The smallest absolute Gasteiger partial charge is 0.273 e. The molecule has 0 aromatic heterocycles. The molecule has 0 saturated heterocycles. The number of hydrogen-bond acceptors (Lipinski definition) is 1. The van der Waals surface area contributed by atoms with Gasteiger partial charge in [0, 0.05) is 0 Å². The van der Waals surface area contributed by atoms with Crippen LogP contribution in [-0.2, 0) is 0 Å². The van der Waals surface area contributed by atoms with Gasteiger partial charge in [0.2, 0.25) is 0 Å². The average Bonchev–Trinajstić information content (AvgIpc) is 1.96. The van der Waals surface area contributed by atoms with E-state index in [4.69, 9.17) is 0 Å². The van der Waals surface area contributed by atoms with Gasteiger partial charge in [-0.2, -0.15) is 0 Å². The lowest BCUT2D eigenvalue weighted by Gasteiger charge is -2.22. The third-order valence-corrected chi connectivity index (χ3v) is 3.06. The molecule has 0 aliphatic rings. The maximum atomic E-state index is 11.4. The highest BCUT2D eigenvalue weighted by Crippen LogP contribution is 2.16.